The summed E-state index contributed by atoms with van der Waals surface area (Å²) in [5.74, 6) is 1.75. The van der Waals surface area contributed by atoms with E-state index in [0.717, 1.165) is 26.2 Å². The van der Waals surface area contributed by atoms with Crippen molar-refractivity contribution in [3.8, 4) is 17.2 Å². The first kappa shape index (κ1) is 17.4. The highest BCUT2D eigenvalue weighted by Gasteiger charge is 2.32. The summed E-state index contributed by atoms with van der Waals surface area (Å²) in [5.41, 5.74) is 1.20. The molecule has 2 N–H and O–H groups in total. The number of methoxy groups -OCH3 is 2. The number of hydrogen-bond acceptors (Lipinski definition) is 5. The van der Waals surface area contributed by atoms with Gasteiger partial charge in [0.2, 0.25) is 5.75 Å². The molecule has 1 atom stereocenters. The second-order valence-corrected chi connectivity index (χ2v) is 6.90. The van der Waals surface area contributed by atoms with Gasteiger partial charge in [-0.25, -0.2) is 0 Å². The molecule has 1 heterocycles. The fraction of sp³-hybridized carbons (Fsp3) is 0.684. The van der Waals surface area contributed by atoms with Gasteiger partial charge >= 0.3 is 0 Å². The summed E-state index contributed by atoms with van der Waals surface area (Å²) < 4.78 is 10.8. The fourth-order valence-corrected chi connectivity index (χ4v) is 4.28. The molecule has 3 rings (SSSR count). The normalized spacial score (nSPS) is 21.4. The topological polar surface area (TPSA) is 54.0 Å². The van der Waals surface area contributed by atoms with Crippen molar-refractivity contribution >= 4 is 0 Å². The number of phenols is 1. The third-order valence-electron chi connectivity index (χ3n) is 5.48. The molecule has 1 saturated carbocycles. The summed E-state index contributed by atoms with van der Waals surface area (Å²) in [7, 11) is 3.19. The highest BCUT2D eigenvalue weighted by molar-refractivity contribution is 5.53. The molecule has 5 heteroatoms. The number of piperazine rings is 1. The van der Waals surface area contributed by atoms with Gasteiger partial charge in [-0.15, -0.1) is 0 Å². The summed E-state index contributed by atoms with van der Waals surface area (Å²) in [6.07, 6.45) is 6.55. The van der Waals surface area contributed by atoms with Crippen molar-refractivity contribution in [1.29, 1.82) is 0 Å². The van der Waals surface area contributed by atoms with Gasteiger partial charge in [0.15, 0.2) is 11.5 Å². The molecule has 0 spiro atoms. The van der Waals surface area contributed by atoms with Gasteiger partial charge in [-0.05, 0) is 36.5 Å². The largest absolute Gasteiger partial charge is 0.502 e. The number of ether oxygens (including phenoxy) is 2. The summed E-state index contributed by atoms with van der Waals surface area (Å²) >= 11 is 0. The van der Waals surface area contributed by atoms with Gasteiger partial charge in [-0.2, -0.15) is 0 Å². The van der Waals surface area contributed by atoms with Gasteiger partial charge < -0.3 is 19.9 Å². The highest BCUT2D eigenvalue weighted by atomic mass is 16.5. The summed E-state index contributed by atoms with van der Waals surface area (Å²) in [5, 5.41) is 13.7. The van der Waals surface area contributed by atoms with Gasteiger partial charge in [0.05, 0.1) is 14.2 Å². The maximum absolute atomic E-state index is 10.2. The third-order valence-corrected chi connectivity index (χ3v) is 5.48. The Morgan fingerprint density at radius 2 is 1.62 bits per heavy atom. The first-order valence-corrected chi connectivity index (χ1v) is 9.14. The first-order chi connectivity index (χ1) is 11.7. The van der Waals surface area contributed by atoms with Crippen molar-refractivity contribution in [3.63, 3.8) is 0 Å². The molecule has 0 amide bonds. The Balaban J connectivity index is 1.97. The van der Waals surface area contributed by atoms with Crippen LogP contribution in [0.15, 0.2) is 12.1 Å². The molecule has 5 nitrogen and oxygen atoms in total. The molecule has 1 aliphatic heterocycles. The van der Waals surface area contributed by atoms with E-state index in [-0.39, 0.29) is 5.75 Å². The van der Waals surface area contributed by atoms with E-state index in [9.17, 15) is 5.11 Å². The second-order valence-electron chi connectivity index (χ2n) is 6.90. The Labute approximate surface area is 144 Å². The minimum absolute atomic E-state index is 0.0893. The minimum Gasteiger partial charge on any atom is -0.502 e. The molecule has 0 radical (unpaired) electrons. The van der Waals surface area contributed by atoms with Crippen LogP contribution >= 0.6 is 0 Å². The number of nitrogens with zero attached hydrogens (tertiary/aromatic N) is 1. The lowest BCUT2D eigenvalue weighted by Crippen LogP contribution is -2.47. The SMILES string of the molecule is COc1cc([C@H](C2CCCCC2)N2CCNCC2)cc(OC)c1O. The molecule has 1 aromatic carbocycles. The van der Waals surface area contributed by atoms with Crippen LogP contribution in [0.3, 0.4) is 0 Å². The summed E-state index contributed by atoms with van der Waals surface area (Å²) in [6.45, 7) is 4.20. The Hall–Kier alpha value is -1.46. The van der Waals surface area contributed by atoms with Gasteiger partial charge in [0, 0.05) is 32.2 Å². The van der Waals surface area contributed by atoms with Crippen LogP contribution in [0.25, 0.3) is 0 Å². The lowest BCUT2D eigenvalue weighted by Gasteiger charge is -2.41. The molecule has 1 aliphatic carbocycles. The van der Waals surface area contributed by atoms with E-state index in [1.165, 1.54) is 37.7 Å². The minimum atomic E-state index is 0.0893. The average Bonchev–Trinajstić information content (AvgIpc) is 2.65. The lowest BCUT2D eigenvalue weighted by molar-refractivity contribution is 0.103. The molecular weight excluding hydrogens is 304 g/mol. The van der Waals surface area contributed by atoms with E-state index in [4.69, 9.17) is 9.47 Å². The summed E-state index contributed by atoms with van der Waals surface area (Å²) in [6, 6.07) is 4.37. The Bertz CT molecular complexity index is 494. The van der Waals surface area contributed by atoms with Crippen LogP contribution in [-0.4, -0.2) is 50.4 Å². The summed E-state index contributed by atoms with van der Waals surface area (Å²) in [4.78, 5) is 2.59. The van der Waals surface area contributed by atoms with Crippen LogP contribution < -0.4 is 14.8 Å². The predicted octanol–water partition coefficient (Wildman–Crippen LogP) is 2.94. The van der Waals surface area contributed by atoms with Gasteiger partial charge in [0.1, 0.15) is 0 Å². The van der Waals surface area contributed by atoms with Gasteiger partial charge in [0.25, 0.3) is 0 Å². The quantitative estimate of drug-likeness (QED) is 0.867. The number of phenolic OH excluding ortho intramolecular Hbond substituents is 1. The first-order valence-electron chi connectivity index (χ1n) is 9.14. The van der Waals surface area contributed by atoms with Crippen molar-refractivity contribution in [1.82, 2.24) is 10.2 Å². The standard InChI is InChI=1S/C19H30N2O3/c1-23-16-12-15(13-17(24-2)19(16)22)18(14-6-4-3-5-7-14)21-10-8-20-9-11-21/h12-14,18,20,22H,3-11H2,1-2H3/t18-/m0/s1. The van der Waals surface area contributed by atoms with Crippen LogP contribution in [-0.2, 0) is 0 Å². The molecule has 0 aromatic heterocycles. The molecule has 2 fully saturated rings. The van der Waals surface area contributed by atoms with Crippen LogP contribution in [0, 0.1) is 5.92 Å². The van der Waals surface area contributed by atoms with Crippen LogP contribution in [0.4, 0.5) is 0 Å². The molecule has 0 bridgehead atoms. The molecular formula is C19H30N2O3. The van der Waals surface area contributed by atoms with Crippen LogP contribution in [0.1, 0.15) is 43.7 Å². The zero-order valence-electron chi connectivity index (χ0n) is 14.9. The molecule has 1 saturated heterocycles. The Morgan fingerprint density at radius 3 is 2.17 bits per heavy atom. The van der Waals surface area contributed by atoms with Crippen LogP contribution in [0.2, 0.25) is 0 Å². The average molecular weight is 334 g/mol. The molecule has 0 unspecified atom stereocenters. The van der Waals surface area contributed by atoms with Gasteiger partial charge in [-0.3, -0.25) is 4.90 Å². The predicted molar refractivity (Wildman–Crippen MR) is 95.0 cm³/mol. The number of hydrogen-bond donors (Lipinski definition) is 2. The highest BCUT2D eigenvalue weighted by Crippen LogP contribution is 2.44. The van der Waals surface area contributed by atoms with Crippen molar-refractivity contribution in [2.75, 3.05) is 40.4 Å². The lowest BCUT2D eigenvalue weighted by atomic mass is 9.80. The number of aromatic hydroxyl groups is 1. The maximum Gasteiger partial charge on any atom is 0.200 e. The van der Waals surface area contributed by atoms with E-state index < -0.39 is 0 Å². The van der Waals surface area contributed by atoms with Gasteiger partial charge in [-0.1, -0.05) is 19.3 Å². The zero-order chi connectivity index (χ0) is 16.9. The van der Waals surface area contributed by atoms with E-state index in [1.807, 2.05) is 12.1 Å². The number of rotatable bonds is 5. The van der Waals surface area contributed by atoms with E-state index in [1.54, 1.807) is 14.2 Å². The van der Waals surface area contributed by atoms with Crippen LogP contribution in [0.5, 0.6) is 17.2 Å². The smallest absolute Gasteiger partial charge is 0.200 e. The van der Waals surface area contributed by atoms with Crippen molar-refractivity contribution in [2.45, 2.75) is 38.1 Å². The molecule has 134 valence electrons. The molecule has 1 aromatic rings. The van der Waals surface area contributed by atoms with Crippen molar-refractivity contribution < 1.29 is 14.6 Å². The maximum atomic E-state index is 10.2. The Morgan fingerprint density at radius 1 is 1.04 bits per heavy atom. The zero-order valence-corrected chi connectivity index (χ0v) is 14.9. The number of nitrogens with one attached hydrogen (secondary N) is 1. The molecule has 2 aliphatic rings. The Kier molecular flexibility index (Phi) is 5.85. The van der Waals surface area contributed by atoms with Crippen molar-refractivity contribution in [3.05, 3.63) is 17.7 Å². The monoisotopic (exact) mass is 334 g/mol. The van der Waals surface area contributed by atoms with E-state index >= 15 is 0 Å². The van der Waals surface area contributed by atoms with E-state index in [2.05, 4.69) is 10.2 Å². The fourth-order valence-electron chi connectivity index (χ4n) is 4.28. The van der Waals surface area contributed by atoms with E-state index in [0.29, 0.717) is 23.5 Å². The van der Waals surface area contributed by atoms with Crippen molar-refractivity contribution in [2.24, 2.45) is 5.92 Å². The third kappa shape index (κ3) is 3.62. The number of benzene rings is 1. The second kappa shape index (κ2) is 8.08. The molecule has 24 heavy (non-hydrogen) atoms.